The Kier molecular flexibility index (Phi) is 2.21. The fraction of sp³-hybridized carbons (Fsp3) is 0.100. The molecule has 0 fully saturated rings. The van der Waals surface area contributed by atoms with E-state index in [2.05, 4.69) is 0 Å². The second kappa shape index (κ2) is 3.53. The van der Waals surface area contributed by atoms with Gasteiger partial charge in [0.05, 0.1) is 0 Å². The van der Waals surface area contributed by atoms with Crippen molar-refractivity contribution in [3.05, 3.63) is 46.2 Å². The summed E-state index contributed by atoms with van der Waals surface area (Å²) in [6, 6.07) is 8.58. The molecule has 0 aliphatic rings. The minimum atomic E-state index is -0.736. The summed E-state index contributed by atoms with van der Waals surface area (Å²) in [7, 11) is 0. The lowest BCUT2D eigenvalue weighted by atomic mass is 10.2. The number of para-hydroxylation sites is 1. The Morgan fingerprint density at radius 1 is 1.40 bits per heavy atom. The third-order valence-corrected chi connectivity index (χ3v) is 1.97. The van der Waals surface area contributed by atoms with Crippen molar-refractivity contribution in [3.63, 3.8) is 0 Å². The minimum absolute atomic E-state index is 0.0351. The van der Waals surface area contributed by atoms with E-state index in [1.54, 1.807) is 24.3 Å². The Balaban J connectivity index is 2.36. The first-order valence-electron chi connectivity index (χ1n) is 4.30. The van der Waals surface area contributed by atoms with Gasteiger partial charge in [-0.1, -0.05) is 18.2 Å². The maximum absolute atomic E-state index is 11.3. The molecule has 0 radical (unpaired) electrons. The normalized spacial score (nSPS) is 10.4. The van der Waals surface area contributed by atoms with Crippen LogP contribution in [0.3, 0.4) is 0 Å². The largest absolute Gasteiger partial charge is 0.453 e. The molecule has 0 amide bonds. The zero-order valence-electron chi connectivity index (χ0n) is 7.67. The first-order valence-corrected chi connectivity index (χ1v) is 4.30. The molecule has 0 unspecified atom stereocenters. The summed E-state index contributed by atoms with van der Waals surface area (Å²) >= 11 is 0. The zero-order chi connectivity index (χ0) is 10.8. The maximum Gasteiger partial charge on any atom is 0.269 e. The van der Waals surface area contributed by atoms with Gasteiger partial charge in [-0.05, 0) is 12.1 Å². The molecule has 5 nitrogen and oxygen atoms in total. The molecule has 1 aromatic heterocycles. The number of fused-ring (bicyclic) bond motifs is 1. The molecule has 15 heavy (non-hydrogen) atoms. The van der Waals surface area contributed by atoms with E-state index in [9.17, 15) is 14.9 Å². The fourth-order valence-corrected chi connectivity index (χ4v) is 1.31. The molecule has 2 aromatic rings. The number of ketones is 1. The summed E-state index contributed by atoms with van der Waals surface area (Å²) in [5.41, 5.74) is 0.559. The second-order valence-electron chi connectivity index (χ2n) is 3.06. The van der Waals surface area contributed by atoms with Crippen LogP contribution in [0.5, 0.6) is 0 Å². The number of hydrogen-bond donors (Lipinski definition) is 0. The topological polar surface area (TPSA) is 73.3 Å². The van der Waals surface area contributed by atoms with Crippen molar-refractivity contribution in [2.75, 3.05) is 6.54 Å². The first kappa shape index (κ1) is 9.39. The zero-order valence-corrected chi connectivity index (χ0v) is 7.67. The van der Waals surface area contributed by atoms with Crippen LogP contribution in [0, 0.1) is 10.1 Å². The average molecular weight is 205 g/mol. The lowest BCUT2D eigenvalue weighted by molar-refractivity contribution is -0.465. The molecule has 0 N–H and O–H groups in total. The number of nitro groups is 1. The molecule has 0 aliphatic carbocycles. The van der Waals surface area contributed by atoms with Crippen molar-refractivity contribution in [2.24, 2.45) is 0 Å². The molecule has 1 heterocycles. The number of hydrogen-bond acceptors (Lipinski definition) is 4. The van der Waals surface area contributed by atoms with Gasteiger partial charge in [-0.3, -0.25) is 14.9 Å². The number of carbonyl (C=O) groups excluding carboxylic acids is 1. The lowest BCUT2D eigenvalue weighted by Gasteiger charge is -1.88. The highest BCUT2D eigenvalue weighted by molar-refractivity contribution is 5.98. The van der Waals surface area contributed by atoms with Crippen molar-refractivity contribution in [1.29, 1.82) is 0 Å². The minimum Gasteiger partial charge on any atom is -0.453 e. The van der Waals surface area contributed by atoms with Crippen LogP contribution in [-0.2, 0) is 0 Å². The van der Waals surface area contributed by atoms with E-state index in [1.807, 2.05) is 0 Å². The van der Waals surface area contributed by atoms with Crippen molar-refractivity contribution < 1.29 is 14.1 Å². The van der Waals surface area contributed by atoms with Crippen molar-refractivity contribution in [1.82, 2.24) is 0 Å². The van der Waals surface area contributed by atoms with Crippen LogP contribution in [0.1, 0.15) is 10.6 Å². The van der Waals surface area contributed by atoms with Crippen LogP contribution in [0.15, 0.2) is 34.7 Å². The Hall–Kier alpha value is -2.17. The van der Waals surface area contributed by atoms with Crippen LogP contribution in [0.25, 0.3) is 11.0 Å². The van der Waals surface area contributed by atoms with Crippen LogP contribution in [0.2, 0.25) is 0 Å². The number of rotatable bonds is 3. The fourth-order valence-electron chi connectivity index (χ4n) is 1.31. The third kappa shape index (κ3) is 1.85. The van der Waals surface area contributed by atoms with Gasteiger partial charge >= 0.3 is 0 Å². The van der Waals surface area contributed by atoms with E-state index < -0.39 is 17.3 Å². The summed E-state index contributed by atoms with van der Waals surface area (Å²) < 4.78 is 5.18. The lowest BCUT2D eigenvalue weighted by Crippen LogP contribution is -2.12. The predicted molar refractivity (Wildman–Crippen MR) is 52.4 cm³/mol. The van der Waals surface area contributed by atoms with E-state index in [-0.39, 0.29) is 5.76 Å². The number of nitrogens with zero attached hydrogens (tertiary/aromatic N) is 1. The van der Waals surface area contributed by atoms with Gasteiger partial charge in [0.25, 0.3) is 12.3 Å². The highest BCUT2D eigenvalue weighted by Crippen LogP contribution is 2.18. The van der Waals surface area contributed by atoms with Crippen LogP contribution in [0.4, 0.5) is 0 Å². The monoisotopic (exact) mass is 205 g/mol. The standard InChI is InChI=1S/C10H7NO4/c12-8(6-11(13)14)10-5-7-3-1-2-4-9(7)15-10/h1-5H,6H2. The molecule has 0 saturated carbocycles. The van der Waals surface area contributed by atoms with Gasteiger partial charge in [-0.25, -0.2) is 0 Å². The maximum atomic E-state index is 11.3. The second-order valence-corrected chi connectivity index (χ2v) is 3.06. The molecular weight excluding hydrogens is 198 g/mol. The summed E-state index contributed by atoms with van der Waals surface area (Å²) in [6.07, 6.45) is 0. The molecule has 0 aliphatic heterocycles. The van der Waals surface area contributed by atoms with Gasteiger partial charge in [0.2, 0.25) is 0 Å². The van der Waals surface area contributed by atoms with Gasteiger partial charge in [0.15, 0.2) is 5.76 Å². The molecule has 1 aromatic carbocycles. The SMILES string of the molecule is O=C(C[N+](=O)[O-])c1cc2ccccc2o1. The smallest absolute Gasteiger partial charge is 0.269 e. The summed E-state index contributed by atoms with van der Waals surface area (Å²) in [5.74, 6) is -0.580. The van der Waals surface area contributed by atoms with Gasteiger partial charge in [0, 0.05) is 10.3 Å². The van der Waals surface area contributed by atoms with Gasteiger partial charge < -0.3 is 4.42 Å². The van der Waals surface area contributed by atoms with E-state index >= 15 is 0 Å². The summed E-state index contributed by atoms with van der Waals surface area (Å²) in [5, 5.41) is 10.9. The quantitative estimate of drug-likeness (QED) is 0.435. The average Bonchev–Trinajstić information content (AvgIpc) is 2.59. The van der Waals surface area contributed by atoms with Crippen LogP contribution >= 0.6 is 0 Å². The molecule has 76 valence electrons. The molecule has 0 spiro atoms. The molecule has 5 heteroatoms. The molecule has 0 atom stereocenters. The van der Waals surface area contributed by atoms with Gasteiger partial charge in [-0.15, -0.1) is 0 Å². The third-order valence-electron chi connectivity index (χ3n) is 1.97. The Morgan fingerprint density at radius 2 is 2.13 bits per heavy atom. The van der Waals surface area contributed by atoms with Crippen molar-refractivity contribution >= 4 is 16.8 Å². The Bertz CT molecular complexity index is 496. The number of carbonyl (C=O) groups is 1. The summed E-state index contributed by atoms with van der Waals surface area (Å²) in [6.45, 7) is -0.736. The predicted octanol–water partition coefficient (Wildman–Crippen LogP) is 1.89. The number of benzene rings is 1. The van der Waals surface area contributed by atoms with Crippen molar-refractivity contribution in [2.45, 2.75) is 0 Å². The van der Waals surface area contributed by atoms with E-state index in [0.717, 1.165) is 5.39 Å². The van der Waals surface area contributed by atoms with Crippen LogP contribution in [-0.4, -0.2) is 17.3 Å². The Labute approximate surface area is 84.5 Å². The molecular formula is C10H7NO4. The molecule has 0 bridgehead atoms. The first-order chi connectivity index (χ1) is 7.16. The van der Waals surface area contributed by atoms with Crippen molar-refractivity contribution in [3.8, 4) is 0 Å². The van der Waals surface area contributed by atoms with Gasteiger partial charge in [-0.2, -0.15) is 0 Å². The number of Topliss-reactive ketones (excluding diaryl/α,β-unsaturated/α-hetero) is 1. The van der Waals surface area contributed by atoms with E-state index in [4.69, 9.17) is 4.42 Å². The highest BCUT2D eigenvalue weighted by atomic mass is 16.6. The van der Waals surface area contributed by atoms with E-state index in [0.29, 0.717) is 5.58 Å². The Morgan fingerprint density at radius 3 is 2.80 bits per heavy atom. The highest BCUT2D eigenvalue weighted by Gasteiger charge is 2.17. The van der Waals surface area contributed by atoms with Crippen LogP contribution < -0.4 is 0 Å². The molecule has 0 saturated heterocycles. The summed E-state index contributed by atoms with van der Waals surface area (Å²) in [4.78, 5) is 20.8. The van der Waals surface area contributed by atoms with Gasteiger partial charge in [0.1, 0.15) is 5.58 Å². The van der Waals surface area contributed by atoms with E-state index in [1.165, 1.54) is 6.07 Å². The number of furan rings is 1. The molecule has 2 rings (SSSR count).